The molecule has 0 saturated carbocycles. The molecule has 0 fully saturated rings. The van der Waals surface area contributed by atoms with Crippen LogP contribution in [-0.2, 0) is 0 Å². The van der Waals surface area contributed by atoms with Crippen molar-refractivity contribution >= 4 is 16.7 Å². The van der Waals surface area contributed by atoms with Crippen molar-refractivity contribution in [1.29, 1.82) is 0 Å². The molecule has 1 aromatic heterocycles. The van der Waals surface area contributed by atoms with E-state index in [0.29, 0.717) is 10.9 Å². The monoisotopic (exact) mass is 243 g/mol. The molecule has 0 unspecified atom stereocenters. The summed E-state index contributed by atoms with van der Waals surface area (Å²) in [4.78, 5) is 7.66. The zero-order chi connectivity index (χ0) is 12.5. The van der Waals surface area contributed by atoms with Crippen LogP contribution < -0.4 is 10.5 Å². The number of ether oxygens (including phenoxy) is 1. The number of nitrogens with two attached hydrogens (primary N) is 1. The number of anilines is 1. The van der Waals surface area contributed by atoms with Gasteiger partial charge in [-0.05, 0) is 12.1 Å². The molecule has 1 heterocycles. The summed E-state index contributed by atoms with van der Waals surface area (Å²) in [5.74, 6) is 0.366. The summed E-state index contributed by atoms with van der Waals surface area (Å²) in [5.41, 5.74) is 6.02. The van der Waals surface area contributed by atoms with Crippen molar-refractivity contribution < 1.29 is 17.9 Å². The fourth-order valence-corrected chi connectivity index (χ4v) is 1.31. The van der Waals surface area contributed by atoms with E-state index in [1.165, 1.54) is 24.5 Å². The van der Waals surface area contributed by atoms with Gasteiger partial charge in [0.25, 0.3) is 0 Å². The number of hydrogen-bond acceptors (Lipinski definition) is 4. The van der Waals surface area contributed by atoms with Crippen LogP contribution >= 0.6 is 0 Å². The lowest BCUT2D eigenvalue weighted by atomic mass is 10.2. The highest BCUT2D eigenvalue weighted by Crippen LogP contribution is 2.23. The summed E-state index contributed by atoms with van der Waals surface area (Å²) in [6, 6.07) is 4.31. The van der Waals surface area contributed by atoms with E-state index in [0.717, 1.165) is 0 Å². The van der Waals surface area contributed by atoms with Gasteiger partial charge in [-0.3, -0.25) is 0 Å². The molecule has 0 spiro atoms. The Hall–Kier alpha value is -2.05. The molecule has 7 heteroatoms. The predicted molar refractivity (Wildman–Crippen MR) is 55.5 cm³/mol. The average molecular weight is 243 g/mol. The third-order valence-corrected chi connectivity index (χ3v) is 2.04. The van der Waals surface area contributed by atoms with Gasteiger partial charge in [0, 0.05) is 11.5 Å². The maximum Gasteiger partial charge on any atom is 0.422 e. The predicted octanol–water partition coefficient (Wildman–Crippen LogP) is 2.15. The van der Waals surface area contributed by atoms with E-state index >= 15 is 0 Å². The van der Waals surface area contributed by atoms with Gasteiger partial charge in [0.15, 0.2) is 6.61 Å². The lowest BCUT2D eigenvalue weighted by molar-refractivity contribution is -0.153. The Morgan fingerprint density at radius 2 is 2.00 bits per heavy atom. The Bertz CT molecular complexity index is 542. The smallest absolute Gasteiger partial charge is 0.422 e. The number of rotatable bonds is 2. The topological polar surface area (TPSA) is 61.0 Å². The molecule has 1 aromatic carbocycles. The Morgan fingerprint density at radius 3 is 2.71 bits per heavy atom. The van der Waals surface area contributed by atoms with E-state index in [1.807, 2.05) is 0 Å². The van der Waals surface area contributed by atoms with E-state index in [2.05, 4.69) is 14.7 Å². The van der Waals surface area contributed by atoms with Gasteiger partial charge in [-0.1, -0.05) is 0 Å². The van der Waals surface area contributed by atoms with Crippen molar-refractivity contribution in [2.45, 2.75) is 6.18 Å². The maximum absolute atomic E-state index is 11.9. The van der Waals surface area contributed by atoms with Crippen molar-refractivity contribution in [3.05, 3.63) is 24.5 Å². The summed E-state index contributed by atoms with van der Waals surface area (Å²) >= 11 is 0. The number of nitrogens with zero attached hydrogens (tertiary/aromatic N) is 2. The van der Waals surface area contributed by atoms with Crippen LogP contribution in [-0.4, -0.2) is 22.8 Å². The molecule has 17 heavy (non-hydrogen) atoms. The number of fused-ring (bicyclic) bond motifs is 1. The minimum Gasteiger partial charge on any atom is -0.484 e. The maximum atomic E-state index is 11.9. The standard InChI is InChI=1S/C10H8F3N3O/c11-10(12,13)4-17-6-1-2-7-8(3-6)15-5-16-9(7)14/h1-3,5H,4H2,(H2,14,15,16). The zero-order valence-corrected chi connectivity index (χ0v) is 8.53. The highest BCUT2D eigenvalue weighted by molar-refractivity contribution is 5.88. The molecule has 0 amide bonds. The van der Waals surface area contributed by atoms with Gasteiger partial charge in [0.2, 0.25) is 0 Å². The highest BCUT2D eigenvalue weighted by atomic mass is 19.4. The minimum absolute atomic E-state index is 0.0907. The van der Waals surface area contributed by atoms with Crippen molar-refractivity contribution in [2.24, 2.45) is 0 Å². The van der Waals surface area contributed by atoms with Crippen LogP contribution in [0.4, 0.5) is 19.0 Å². The van der Waals surface area contributed by atoms with Crippen LogP contribution in [0.25, 0.3) is 10.9 Å². The number of benzene rings is 1. The molecule has 0 saturated heterocycles. The molecule has 0 radical (unpaired) electrons. The molecular weight excluding hydrogens is 235 g/mol. The van der Waals surface area contributed by atoms with Crippen LogP contribution in [0.5, 0.6) is 5.75 Å². The van der Waals surface area contributed by atoms with Gasteiger partial charge in [0.05, 0.1) is 5.52 Å². The first-order valence-electron chi connectivity index (χ1n) is 4.65. The molecule has 2 N–H and O–H groups in total. The summed E-state index contributed by atoms with van der Waals surface area (Å²) in [6.07, 6.45) is -3.12. The van der Waals surface area contributed by atoms with E-state index in [4.69, 9.17) is 5.73 Å². The second-order valence-corrected chi connectivity index (χ2v) is 3.34. The minimum atomic E-state index is -4.36. The molecule has 0 bridgehead atoms. The molecule has 2 rings (SSSR count). The second-order valence-electron chi connectivity index (χ2n) is 3.34. The van der Waals surface area contributed by atoms with E-state index in [-0.39, 0.29) is 11.6 Å². The Kier molecular flexibility index (Phi) is 2.74. The first-order chi connectivity index (χ1) is 7.96. The van der Waals surface area contributed by atoms with Gasteiger partial charge >= 0.3 is 6.18 Å². The van der Waals surface area contributed by atoms with Crippen molar-refractivity contribution in [3.63, 3.8) is 0 Å². The molecule has 2 aromatic rings. The fraction of sp³-hybridized carbons (Fsp3) is 0.200. The number of halogens is 3. The van der Waals surface area contributed by atoms with Crippen LogP contribution in [0.3, 0.4) is 0 Å². The third-order valence-electron chi connectivity index (χ3n) is 2.04. The quantitative estimate of drug-likeness (QED) is 0.877. The Balaban J connectivity index is 2.26. The largest absolute Gasteiger partial charge is 0.484 e. The number of alkyl halides is 3. The van der Waals surface area contributed by atoms with Crippen molar-refractivity contribution in [1.82, 2.24) is 9.97 Å². The van der Waals surface area contributed by atoms with Gasteiger partial charge in [-0.2, -0.15) is 13.2 Å². The lowest BCUT2D eigenvalue weighted by Crippen LogP contribution is -2.19. The molecule has 0 atom stereocenters. The molecule has 90 valence electrons. The van der Waals surface area contributed by atoms with Crippen LogP contribution in [0.2, 0.25) is 0 Å². The third kappa shape index (κ3) is 2.74. The lowest BCUT2D eigenvalue weighted by Gasteiger charge is -2.09. The normalized spacial score (nSPS) is 11.7. The summed E-state index contributed by atoms with van der Waals surface area (Å²) in [6.45, 7) is -1.33. The fourth-order valence-electron chi connectivity index (χ4n) is 1.31. The van der Waals surface area contributed by atoms with Crippen LogP contribution in [0, 0.1) is 0 Å². The van der Waals surface area contributed by atoms with Gasteiger partial charge < -0.3 is 10.5 Å². The van der Waals surface area contributed by atoms with E-state index in [1.54, 1.807) is 0 Å². The summed E-state index contributed by atoms with van der Waals surface area (Å²) in [5, 5.41) is 0.576. The Morgan fingerprint density at radius 1 is 1.24 bits per heavy atom. The molecule has 0 aliphatic carbocycles. The molecule has 4 nitrogen and oxygen atoms in total. The highest BCUT2D eigenvalue weighted by Gasteiger charge is 2.28. The first-order valence-corrected chi connectivity index (χ1v) is 4.65. The van der Waals surface area contributed by atoms with Gasteiger partial charge in [-0.25, -0.2) is 9.97 Å². The van der Waals surface area contributed by atoms with Crippen LogP contribution in [0.15, 0.2) is 24.5 Å². The number of aromatic nitrogens is 2. The van der Waals surface area contributed by atoms with Gasteiger partial charge in [0.1, 0.15) is 17.9 Å². The SMILES string of the molecule is Nc1ncnc2cc(OCC(F)(F)F)ccc12. The van der Waals surface area contributed by atoms with Crippen LogP contribution in [0.1, 0.15) is 0 Å². The second kappa shape index (κ2) is 4.08. The zero-order valence-electron chi connectivity index (χ0n) is 8.53. The summed E-state index contributed by atoms with van der Waals surface area (Å²) in [7, 11) is 0. The summed E-state index contributed by atoms with van der Waals surface area (Å²) < 4.78 is 40.4. The number of nitrogen functional groups attached to an aromatic ring is 1. The van der Waals surface area contributed by atoms with Gasteiger partial charge in [-0.15, -0.1) is 0 Å². The average Bonchev–Trinajstić information content (AvgIpc) is 2.26. The number of hydrogen-bond donors (Lipinski definition) is 1. The Labute approximate surface area is 94.2 Å². The molecular formula is C10H8F3N3O. The molecule has 0 aliphatic heterocycles. The van der Waals surface area contributed by atoms with E-state index < -0.39 is 12.8 Å². The van der Waals surface area contributed by atoms with Crippen molar-refractivity contribution in [3.8, 4) is 5.75 Å². The van der Waals surface area contributed by atoms with E-state index in [9.17, 15) is 13.2 Å². The first kappa shape index (κ1) is 11.4. The molecule has 0 aliphatic rings. The van der Waals surface area contributed by atoms with Crippen molar-refractivity contribution in [2.75, 3.05) is 12.3 Å².